The van der Waals surface area contributed by atoms with Crippen LogP contribution in [0.3, 0.4) is 0 Å². The minimum atomic E-state index is -2.62. The molecule has 0 radical (unpaired) electrons. The lowest BCUT2D eigenvalue weighted by atomic mass is 10.1. The van der Waals surface area contributed by atoms with Gasteiger partial charge in [0.2, 0.25) is 0 Å². The van der Waals surface area contributed by atoms with Crippen LogP contribution in [0.5, 0.6) is 0 Å². The first kappa shape index (κ1) is 21.5. The predicted molar refractivity (Wildman–Crippen MR) is 116 cm³/mol. The number of alkyl halides is 2. The molecule has 1 fully saturated rings. The molecule has 4 nitrogen and oxygen atoms in total. The van der Waals surface area contributed by atoms with Crippen molar-refractivity contribution in [2.75, 3.05) is 31.1 Å². The molecule has 2 aromatic carbocycles. The van der Waals surface area contributed by atoms with E-state index in [4.69, 9.17) is 0 Å². The van der Waals surface area contributed by atoms with Gasteiger partial charge in [-0.15, -0.1) is 0 Å². The van der Waals surface area contributed by atoms with Gasteiger partial charge in [0.05, 0.1) is 10.4 Å². The molecule has 1 saturated heterocycles. The Morgan fingerprint density at radius 3 is 2.31 bits per heavy atom. The summed E-state index contributed by atoms with van der Waals surface area (Å²) in [6.07, 6.45) is -1.30. The van der Waals surface area contributed by atoms with Crippen molar-refractivity contribution in [2.45, 2.75) is 32.1 Å². The summed E-state index contributed by atoms with van der Waals surface area (Å²) in [6.45, 7) is 9.37. The number of piperazine rings is 1. The molecular weight excluding hydrogens is 392 g/mol. The van der Waals surface area contributed by atoms with Gasteiger partial charge in [0.1, 0.15) is 0 Å². The van der Waals surface area contributed by atoms with Crippen LogP contribution in [-0.4, -0.2) is 34.4 Å². The number of nitrogens with zero attached hydrogens (tertiary/aromatic N) is 2. The van der Waals surface area contributed by atoms with Crippen LogP contribution in [0.4, 0.5) is 14.5 Å². The van der Waals surface area contributed by atoms with Gasteiger partial charge in [-0.2, -0.15) is 0 Å². The monoisotopic (exact) mass is 419 g/mol. The van der Waals surface area contributed by atoms with Crippen LogP contribution in [0.1, 0.15) is 31.4 Å². The van der Waals surface area contributed by atoms with Crippen molar-refractivity contribution in [3.05, 3.63) is 59.8 Å². The lowest BCUT2D eigenvalue weighted by Gasteiger charge is -2.29. The number of benzene rings is 2. The number of fused-ring (bicyclic) bond motifs is 1. The second-order valence-electron chi connectivity index (χ2n) is 6.71. The Bertz CT molecular complexity index is 980. The average molecular weight is 420 g/mol. The summed E-state index contributed by atoms with van der Waals surface area (Å²) in [5.74, 6) is 0. The molecule has 1 atom stereocenters. The van der Waals surface area contributed by atoms with Gasteiger partial charge in [-0.1, -0.05) is 31.5 Å². The zero-order valence-corrected chi connectivity index (χ0v) is 17.8. The molecule has 1 aliphatic rings. The van der Waals surface area contributed by atoms with Crippen LogP contribution in [0.25, 0.3) is 10.9 Å². The number of hydrogen-bond acceptors (Lipinski definition) is 3. The Kier molecular flexibility index (Phi) is 7.03. The third-order valence-corrected chi connectivity index (χ3v) is 6.24. The van der Waals surface area contributed by atoms with Crippen molar-refractivity contribution in [1.29, 1.82) is 0 Å². The zero-order chi connectivity index (χ0) is 21.0. The van der Waals surface area contributed by atoms with Gasteiger partial charge in [-0.25, -0.2) is 13.0 Å². The highest BCUT2D eigenvalue weighted by Crippen LogP contribution is 2.34. The Morgan fingerprint density at radius 1 is 1.03 bits per heavy atom. The third-order valence-electron chi connectivity index (χ3n) is 4.90. The maximum atomic E-state index is 13.7. The van der Waals surface area contributed by atoms with Gasteiger partial charge in [0, 0.05) is 49.0 Å². The zero-order valence-electron chi connectivity index (χ0n) is 17.0. The summed E-state index contributed by atoms with van der Waals surface area (Å²) < 4.78 is 41.8. The smallest absolute Gasteiger partial charge is 0.265 e. The number of aromatic nitrogens is 1. The second kappa shape index (κ2) is 9.50. The molecule has 29 heavy (non-hydrogen) atoms. The fraction of sp³-hybridized carbons (Fsp3) is 0.364. The summed E-state index contributed by atoms with van der Waals surface area (Å²) >= 11 is 0. The maximum Gasteiger partial charge on any atom is 0.265 e. The molecule has 0 aliphatic carbocycles. The van der Waals surface area contributed by atoms with Crippen LogP contribution >= 0.6 is 0 Å². The van der Waals surface area contributed by atoms with Crippen molar-refractivity contribution in [2.24, 2.45) is 0 Å². The molecule has 3 aromatic rings. The Hall–Kier alpha value is -2.25. The fourth-order valence-electron chi connectivity index (χ4n) is 3.41. The minimum absolute atomic E-state index is 0.0811. The summed E-state index contributed by atoms with van der Waals surface area (Å²) in [5, 5.41) is 3.75. The highest BCUT2D eigenvalue weighted by atomic mass is 32.2. The van der Waals surface area contributed by atoms with Gasteiger partial charge < -0.3 is 10.2 Å². The van der Waals surface area contributed by atoms with Gasteiger partial charge in [0.25, 0.3) is 6.43 Å². The fourth-order valence-corrected chi connectivity index (χ4v) is 4.56. The number of anilines is 1. The van der Waals surface area contributed by atoms with Crippen molar-refractivity contribution in [3.63, 3.8) is 0 Å². The van der Waals surface area contributed by atoms with E-state index in [1.807, 2.05) is 39.0 Å². The number of rotatable bonds is 4. The summed E-state index contributed by atoms with van der Waals surface area (Å²) in [4.78, 5) is 2.77. The standard InChI is InChI=1S/C20H21F2N3OS.C2H6/c1-14-2-5-16(6-3-14)27(26)25-13-18(20(21)22)17-12-15(4-7-19(17)25)24-10-8-23-9-11-24;1-2/h2-7,12-13,20,23H,8-11H2,1H3;1-2H3. The van der Waals surface area contributed by atoms with E-state index in [0.717, 1.165) is 37.4 Å². The van der Waals surface area contributed by atoms with E-state index >= 15 is 0 Å². The topological polar surface area (TPSA) is 37.3 Å². The molecule has 1 aliphatic heterocycles. The lowest BCUT2D eigenvalue weighted by molar-refractivity contribution is 0.153. The van der Waals surface area contributed by atoms with E-state index < -0.39 is 17.4 Å². The second-order valence-corrected chi connectivity index (χ2v) is 8.07. The summed E-state index contributed by atoms with van der Waals surface area (Å²) in [6, 6.07) is 12.8. The van der Waals surface area contributed by atoms with Crippen molar-refractivity contribution in [3.8, 4) is 0 Å². The van der Waals surface area contributed by atoms with E-state index in [1.54, 1.807) is 24.3 Å². The van der Waals surface area contributed by atoms with Crippen LogP contribution < -0.4 is 10.2 Å². The summed E-state index contributed by atoms with van der Waals surface area (Å²) in [5.41, 5.74) is 2.46. The first-order chi connectivity index (χ1) is 14.0. The van der Waals surface area contributed by atoms with Crippen molar-refractivity contribution in [1.82, 2.24) is 9.29 Å². The quantitative estimate of drug-likeness (QED) is 0.654. The minimum Gasteiger partial charge on any atom is -0.369 e. The molecule has 4 rings (SSSR count). The Morgan fingerprint density at radius 2 is 1.69 bits per heavy atom. The first-order valence-corrected chi connectivity index (χ1v) is 11.0. The molecule has 1 aromatic heterocycles. The molecule has 0 amide bonds. The van der Waals surface area contributed by atoms with E-state index in [0.29, 0.717) is 15.8 Å². The van der Waals surface area contributed by atoms with E-state index in [1.165, 1.54) is 10.2 Å². The Balaban J connectivity index is 0.00000117. The number of hydrogen-bond donors (Lipinski definition) is 1. The SMILES string of the molecule is CC.Cc1ccc(S(=O)n2cc(C(F)F)c3cc(N4CCNCC4)ccc32)cc1. The van der Waals surface area contributed by atoms with Gasteiger partial charge >= 0.3 is 0 Å². The van der Waals surface area contributed by atoms with Crippen LogP contribution in [0, 0.1) is 6.92 Å². The van der Waals surface area contributed by atoms with E-state index in [9.17, 15) is 13.0 Å². The summed E-state index contributed by atoms with van der Waals surface area (Å²) in [7, 11) is -1.58. The first-order valence-electron chi connectivity index (χ1n) is 9.92. The van der Waals surface area contributed by atoms with Gasteiger partial charge in [0.15, 0.2) is 11.0 Å². The van der Waals surface area contributed by atoms with Crippen molar-refractivity contribution >= 4 is 27.6 Å². The van der Waals surface area contributed by atoms with Gasteiger partial charge in [-0.05, 0) is 37.3 Å². The number of nitrogens with one attached hydrogen (secondary N) is 1. The normalized spacial score (nSPS) is 15.3. The van der Waals surface area contributed by atoms with Crippen LogP contribution in [0.2, 0.25) is 0 Å². The molecule has 1 N–H and O–H groups in total. The molecular formula is C22H27F2N3OS. The predicted octanol–water partition coefficient (Wildman–Crippen LogP) is 4.89. The molecule has 0 bridgehead atoms. The Labute approximate surface area is 173 Å². The molecule has 156 valence electrons. The van der Waals surface area contributed by atoms with E-state index in [2.05, 4.69) is 10.2 Å². The highest BCUT2D eigenvalue weighted by molar-refractivity contribution is 7.83. The maximum absolute atomic E-state index is 13.7. The molecule has 7 heteroatoms. The molecule has 1 unspecified atom stereocenters. The third kappa shape index (κ3) is 4.51. The molecule has 0 saturated carbocycles. The van der Waals surface area contributed by atoms with Crippen molar-refractivity contribution < 1.29 is 13.0 Å². The van der Waals surface area contributed by atoms with Crippen LogP contribution in [0.15, 0.2) is 53.6 Å². The number of halogens is 2. The average Bonchev–Trinajstić information content (AvgIpc) is 3.15. The van der Waals surface area contributed by atoms with Crippen LogP contribution in [-0.2, 0) is 11.0 Å². The largest absolute Gasteiger partial charge is 0.369 e. The van der Waals surface area contributed by atoms with Gasteiger partial charge in [-0.3, -0.25) is 3.97 Å². The van der Waals surface area contributed by atoms with E-state index in [-0.39, 0.29) is 5.56 Å². The number of aryl methyl sites for hydroxylation is 1. The lowest BCUT2D eigenvalue weighted by Crippen LogP contribution is -2.43. The molecule has 2 heterocycles. The highest BCUT2D eigenvalue weighted by Gasteiger charge is 2.21. The molecule has 0 spiro atoms.